The Morgan fingerprint density at radius 1 is 1.00 bits per heavy atom. The van der Waals surface area contributed by atoms with Gasteiger partial charge in [-0.1, -0.05) is 36.4 Å². The van der Waals surface area contributed by atoms with Gasteiger partial charge in [-0.15, -0.1) is 24.0 Å². The number of guanidine groups is 1. The number of amides is 1. The lowest BCUT2D eigenvalue weighted by atomic mass is 10.1. The Labute approximate surface area is 209 Å². The van der Waals surface area contributed by atoms with Crippen molar-refractivity contribution in [1.29, 1.82) is 0 Å². The third-order valence-electron chi connectivity index (χ3n) is 5.51. The predicted octanol–water partition coefficient (Wildman–Crippen LogP) is 3.56. The van der Waals surface area contributed by atoms with E-state index in [2.05, 4.69) is 52.0 Å². The Kier molecular flexibility index (Phi) is 11.5. The average molecular weight is 550 g/mol. The fourth-order valence-electron chi connectivity index (χ4n) is 3.80. The van der Waals surface area contributed by atoms with Crippen molar-refractivity contribution in [2.24, 2.45) is 4.99 Å². The van der Waals surface area contributed by atoms with Gasteiger partial charge in [0.15, 0.2) is 5.96 Å². The molecule has 32 heavy (non-hydrogen) atoms. The first kappa shape index (κ1) is 26.1. The van der Waals surface area contributed by atoms with Crippen molar-refractivity contribution in [1.82, 2.24) is 20.9 Å². The molecular formula is C25H36IN5O. The van der Waals surface area contributed by atoms with Crippen LogP contribution in [-0.2, 0) is 19.5 Å². The molecule has 0 bridgehead atoms. The Morgan fingerprint density at radius 3 is 2.41 bits per heavy atom. The molecule has 1 heterocycles. The van der Waals surface area contributed by atoms with Crippen LogP contribution in [0.1, 0.15) is 46.8 Å². The van der Waals surface area contributed by atoms with E-state index < -0.39 is 0 Å². The number of nitrogens with zero attached hydrogens (tertiary/aromatic N) is 2. The zero-order chi connectivity index (χ0) is 21.9. The highest BCUT2D eigenvalue weighted by Gasteiger charge is 2.11. The minimum Gasteiger partial charge on any atom is -0.357 e. The van der Waals surface area contributed by atoms with Crippen molar-refractivity contribution in [3.05, 3.63) is 70.8 Å². The first-order valence-electron chi connectivity index (χ1n) is 11.3. The number of hydrogen-bond acceptors (Lipinski definition) is 3. The number of hydrogen-bond donors (Lipinski definition) is 3. The van der Waals surface area contributed by atoms with E-state index in [1.807, 2.05) is 24.3 Å². The summed E-state index contributed by atoms with van der Waals surface area (Å²) >= 11 is 0. The maximum Gasteiger partial charge on any atom is 0.251 e. The zero-order valence-corrected chi connectivity index (χ0v) is 21.5. The summed E-state index contributed by atoms with van der Waals surface area (Å²) in [5, 5.41) is 9.37. The minimum absolute atomic E-state index is 0. The number of benzene rings is 2. The summed E-state index contributed by atoms with van der Waals surface area (Å²) in [5.74, 6) is 0.752. The largest absolute Gasteiger partial charge is 0.357 e. The van der Waals surface area contributed by atoms with Gasteiger partial charge in [0.05, 0.1) is 6.54 Å². The van der Waals surface area contributed by atoms with Crippen molar-refractivity contribution in [2.45, 2.75) is 39.3 Å². The summed E-state index contributed by atoms with van der Waals surface area (Å²) in [6.45, 7) is 7.77. The molecule has 0 unspecified atom stereocenters. The Morgan fingerprint density at radius 2 is 1.72 bits per heavy atom. The molecule has 1 saturated heterocycles. The van der Waals surface area contributed by atoms with Crippen LogP contribution in [0.15, 0.2) is 53.5 Å². The van der Waals surface area contributed by atoms with Crippen LogP contribution >= 0.6 is 24.0 Å². The van der Waals surface area contributed by atoms with Gasteiger partial charge >= 0.3 is 0 Å². The van der Waals surface area contributed by atoms with Crippen LogP contribution < -0.4 is 16.0 Å². The molecule has 0 atom stereocenters. The molecule has 1 aliphatic rings. The zero-order valence-electron chi connectivity index (χ0n) is 19.2. The van der Waals surface area contributed by atoms with E-state index in [1.54, 1.807) is 7.05 Å². The molecule has 1 aliphatic heterocycles. The molecule has 3 rings (SSSR count). The molecule has 0 radical (unpaired) electrons. The van der Waals surface area contributed by atoms with Gasteiger partial charge in [-0.3, -0.25) is 9.69 Å². The van der Waals surface area contributed by atoms with Gasteiger partial charge in [0.1, 0.15) is 0 Å². The number of likely N-dealkylation sites (tertiary alicyclic amines) is 1. The third kappa shape index (κ3) is 8.43. The molecule has 174 valence electrons. The van der Waals surface area contributed by atoms with Gasteiger partial charge in [-0.05, 0) is 68.1 Å². The number of carbonyl (C=O) groups excluding carboxylic acids is 1. The van der Waals surface area contributed by atoms with Crippen molar-refractivity contribution in [3.63, 3.8) is 0 Å². The smallest absolute Gasteiger partial charge is 0.251 e. The second kappa shape index (κ2) is 14.1. The molecule has 2 aromatic rings. The van der Waals surface area contributed by atoms with Crippen molar-refractivity contribution < 1.29 is 4.79 Å². The number of aliphatic imine (C=N–C) groups is 1. The topological polar surface area (TPSA) is 68.8 Å². The molecule has 0 saturated carbocycles. The second-order valence-electron chi connectivity index (χ2n) is 7.95. The number of nitrogens with one attached hydrogen (secondary N) is 3. The van der Waals surface area contributed by atoms with Crippen molar-refractivity contribution >= 4 is 35.8 Å². The molecule has 0 spiro atoms. The Hall–Kier alpha value is -2.13. The molecule has 6 nitrogen and oxygen atoms in total. The van der Waals surface area contributed by atoms with Crippen LogP contribution in [0.5, 0.6) is 0 Å². The van der Waals surface area contributed by atoms with Gasteiger partial charge < -0.3 is 16.0 Å². The molecule has 2 aromatic carbocycles. The lowest BCUT2D eigenvalue weighted by Gasteiger charge is -2.14. The Balaban J connectivity index is 0.00000363. The fraction of sp³-hybridized carbons (Fsp3) is 0.440. The quantitative estimate of drug-likeness (QED) is 0.254. The summed E-state index contributed by atoms with van der Waals surface area (Å²) in [6.07, 6.45) is 3.47. The monoisotopic (exact) mass is 549 g/mol. The summed E-state index contributed by atoms with van der Waals surface area (Å²) in [4.78, 5) is 19.0. The van der Waals surface area contributed by atoms with E-state index in [4.69, 9.17) is 4.99 Å². The molecule has 7 heteroatoms. The summed E-state index contributed by atoms with van der Waals surface area (Å²) < 4.78 is 0. The number of carbonyl (C=O) groups is 1. The van der Waals surface area contributed by atoms with Gasteiger partial charge in [0.2, 0.25) is 0 Å². The first-order valence-corrected chi connectivity index (χ1v) is 11.3. The van der Waals surface area contributed by atoms with Crippen molar-refractivity contribution in [2.75, 3.05) is 33.2 Å². The summed E-state index contributed by atoms with van der Waals surface area (Å²) in [5.41, 5.74) is 4.39. The second-order valence-corrected chi connectivity index (χ2v) is 7.95. The van der Waals surface area contributed by atoms with E-state index in [-0.39, 0.29) is 29.9 Å². The summed E-state index contributed by atoms with van der Waals surface area (Å²) in [7, 11) is 1.65. The SMILES string of the molecule is CCNC(=NCc1ccc(CN2CCCC2)cc1)NCCc1cccc(C(=O)NC)c1.I. The van der Waals surface area contributed by atoms with Gasteiger partial charge in [0.25, 0.3) is 5.91 Å². The average Bonchev–Trinajstić information content (AvgIpc) is 3.31. The number of halogens is 1. The van der Waals surface area contributed by atoms with E-state index in [9.17, 15) is 4.79 Å². The minimum atomic E-state index is -0.0591. The van der Waals surface area contributed by atoms with Crippen LogP contribution in [0.4, 0.5) is 0 Å². The van der Waals surface area contributed by atoms with Crippen LogP contribution in [0.3, 0.4) is 0 Å². The predicted molar refractivity (Wildman–Crippen MR) is 143 cm³/mol. The van der Waals surface area contributed by atoms with Gasteiger partial charge in [-0.2, -0.15) is 0 Å². The lowest BCUT2D eigenvalue weighted by Crippen LogP contribution is -2.38. The standard InChI is InChI=1S/C25H35N5O.HI/c1-3-27-25(28-14-13-20-7-6-8-23(17-20)24(31)26-2)29-18-21-9-11-22(12-10-21)19-30-15-4-5-16-30;/h6-12,17H,3-5,13-16,18-19H2,1-2H3,(H,26,31)(H2,27,28,29);1H. The highest BCUT2D eigenvalue weighted by atomic mass is 127. The van der Waals surface area contributed by atoms with Gasteiger partial charge in [0, 0.05) is 32.2 Å². The van der Waals surface area contributed by atoms with Crippen molar-refractivity contribution in [3.8, 4) is 0 Å². The normalized spacial score (nSPS) is 14.0. The van der Waals surface area contributed by atoms with Crippen LogP contribution in [0.2, 0.25) is 0 Å². The van der Waals surface area contributed by atoms with E-state index in [1.165, 1.54) is 37.1 Å². The van der Waals surface area contributed by atoms with Gasteiger partial charge in [-0.25, -0.2) is 4.99 Å². The molecule has 1 fully saturated rings. The fourth-order valence-corrected chi connectivity index (χ4v) is 3.80. The Bertz CT molecular complexity index is 863. The van der Waals surface area contributed by atoms with Crippen LogP contribution in [0, 0.1) is 0 Å². The maximum absolute atomic E-state index is 11.8. The van der Waals surface area contributed by atoms with E-state index in [0.717, 1.165) is 37.6 Å². The highest BCUT2D eigenvalue weighted by Crippen LogP contribution is 2.13. The van der Waals surface area contributed by atoms with Crippen LogP contribution in [-0.4, -0.2) is 50.0 Å². The molecular weight excluding hydrogens is 513 g/mol. The maximum atomic E-state index is 11.8. The third-order valence-corrected chi connectivity index (χ3v) is 5.51. The summed E-state index contributed by atoms with van der Waals surface area (Å²) in [6, 6.07) is 16.6. The molecule has 1 amide bonds. The van der Waals surface area contributed by atoms with Crippen LogP contribution in [0.25, 0.3) is 0 Å². The van der Waals surface area contributed by atoms with E-state index in [0.29, 0.717) is 12.1 Å². The number of rotatable bonds is 9. The molecule has 0 aromatic heterocycles. The lowest BCUT2D eigenvalue weighted by molar-refractivity contribution is 0.0963. The highest BCUT2D eigenvalue weighted by molar-refractivity contribution is 14.0. The molecule has 3 N–H and O–H groups in total. The van der Waals surface area contributed by atoms with E-state index >= 15 is 0 Å². The first-order chi connectivity index (χ1) is 15.2. The molecule has 0 aliphatic carbocycles.